The van der Waals surface area contributed by atoms with Gasteiger partial charge in [0.05, 0.1) is 10.6 Å². The van der Waals surface area contributed by atoms with Crippen molar-refractivity contribution in [2.45, 2.75) is 18.7 Å². The number of nitrogens with two attached hydrogens (primary N) is 1. The molecule has 3 aromatic rings. The van der Waals surface area contributed by atoms with Crippen molar-refractivity contribution in [1.82, 2.24) is 4.98 Å². The van der Waals surface area contributed by atoms with E-state index in [-0.39, 0.29) is 4.90 Å². The van der Waals surface area contributed by atoms with E-state index in [0.717, 1.165) is 21.8 Å². The summed E-state index contributed by atoms with van der Waals surface area (Å²) in [6.45, 7) is 4.12. The van der Waals surface area contributed by atoms with Crippen molar-refractivity contribution in [3.05, 3.63) is 59.0 Å². The molecule has 0 unspecified atom stereocenters. The second-order valence-corrected chi connectivity index (χ2v) is 7.85. The van der Waals surface area contributed by atoms with Gasteiger partial charge in [-0.05, 0) is 37.6 Å². The molecule has 0 atom stereocenters. The molecule has 1 aromatic heterocycles. The summed E-state index contributed by atoms with van der Waals surface area (Å²) in [5, 5.41) is 7.98. The zero-order valence-electron chi connectivity index (χ0n) is 12.8. The average Bonchev–Trinajstić information content (AvgIpc) is 2.99. The molecule has 0 amide bonds. The number of benzene rings is 2. The molecule has 0 radical (unpaired) electrons. The molecule has 0 fully saturated rings. The lowest BCUT2D eigenvalue weighted by Crippen LogP contribution is -2.11. The van der Waals surface area contributed by atoms with Crippen molar-refractivity contribution in [3.63, 3.8) is 0 Å². The van der Waals surface area contributed by atoms with Crippen LogP contribution in [0.5, 0.6) is 0 Å². The number of aromatic nitrogens is 1. The van der Waals surface area contributed by atoms with Crippen molar-refractivity contribution >= 4 is 21.4 Å². The summed E-state index contributed by atoms with van der Waals surface area (Å²) in [5.74, 6) is 0. The topological polar surface area (TPSA) is 73.1 Å². The van der Waals surface area contributed by atoms with Crippen molar-refractivity contribution in [2.75, 3.05) is 0 Å². The molecule has 23 heavy (non-hydrogen) atoms. The highest BCUT2D eigenvalue weighted by molar-refractivity contribution is 7.89. The molecule has 2 aromatic carbocycles. The molecule has 1 heterocycles. The van der Waals surface area contributed by atoms with E-state index in [2.05, 4.69) is 37.0 Å². The van der Waals surface area contributed by atoms with Gasteiger partial charge in [-0.3, -0.25) is 0 Å². The molecule has 0 aliphatic carbocycles. The Balaban J connectivity index is 1.97. The summed E-state index contributed by atoms with van der Waals surface area (Å²) < 4.78 is 22.6. The van der Waals surface area contributed by atoms with Crippen LogP contribution >= 0.6 is 11.3 Å². The first-order valence-electron chi connectivity index (χ1n) is 7.01. The van der Waals surface area contributed by atoms with Crippen LogP contribution in [-0.2, 0) is 10.0 Å². The Bertz CT molecular complexity index is 959. The first-order valence-corrected chi connectivity index (χ1v) is 9.43. The second-order valence-electron chi connectivity index (χ2n) is 5.43. The van der Waals surface area contributed by atoms with Crippen LogP contribution in [0, 0.1) is 13.8 Å². The number of thiazole rings is 1. The van der Waals surface area contributed by atoms with Gasteiger partial charge in [0.2, 0.25) is 10.0 Å². The summed E-state index contributed by atoms with van der Waals surface area (Å²) >= 11 is 1.53. The number of hydrogen-bond acceptors (Lipinski definition) is 4. The summed E-state index contributed by atoms with van der Waals surface area (Å²) in [5.41, 5.74) is 5.30. The number of sulfonamides is 1. The number of hydrogen-bond donors (Lipinski definition) is 1. The van der Waals surface area contributed by atoms with Crippen molar-refractivity contribution in [1.29, 1.82) is 0 Å². The Morgan fingerprint density at radius 1 is 1.04 bits per heavy atom. The van der Waals surface area contributed by atoms with Crippen molar-refractivity contribution in [2.24, 2.45) is 5.14 Å². The van der Waals surface area contributed by atoms with Crippen LogP contribution in [-0.4, -0.2) is 13.4 Å². The summed E-state index contributed by atoms with van der Waals surface area (Å²) in [4.78, 5) is 4.79. The molecule has 3 rings (SSSR count). The van der Waals surface area contributed by atoms with Gasteiger partial charge in [-0.2, -0.15) is 0 Å². The van der Waals surface area contributed by atoms with E-state index in [0.29, 0.717) is 0 Å². The van der Waals surface area contributed by atoms with E-state index >= 15 is 0 Å². The van der Waals surface area contributed by atoms with E-state index in [1.165, 1.54) is 34.6 Å². The summed E-state index contributed by atoms with van der Waals surface area (Å²) in [6, 6.07) is 12.8. The van der Waals surface area contributed by atoms with Gasteiger partial charge < -0.3 is 0 Å². The van der Waals surface area contributed by atoms with Crippen LogP contribution in [0.3, 0.4) is 0 Å². The number of primary sulfonamides is 1. The Kier molecular flexibility index (Phi) is 4.06. The monoisotopic (exact) mass is 344 g/mol. The van der Waals surface area contributed by atoms with Crippen LogP contribution in [0.1, 0.15) is 11.1 Å². The molecule has 0 saturated carbocycles. The summed E-state index contributed by atoms with van der Waals surface area (Å²) in [7, 11) is -3.67. The zero-order chi connectivity index (χ0) is 16.6. The maximum Gasteiger partial charge on any atom is 0.238 e. The van der Waals surface area contributed by atoms with Gasteiger partial charge in [0.15, 0.2) is 0 Å². The van der Waals surface area contributed by atoms with E-state index in [1.54, 1.807) is 12.1 Å². The zero-order valence-corrected chi connectivity index (χ0v) is 14.4. The number of aryl methyl sites for hydroxylation is 2. The van der Waals surface area contributed by atoms with Crippen molar-refractivity contribution in [3.8, 4) is 21.8 Å². The third kappa shape index (κ3) is 3.34. The molecule has 0 aliphatic rings. The highest BCUT2D eigenvalue weighted by Gasteiger charge is 2.11. The molecule has 2 N–H and O–H groups in total. The van der Waals surface area contributed by atoms with Gasteiger partial charge in [-0.25, -0.2) is 18.5 Å². The average molecular weight is 344 g/mol. The standard InChI is InChI=1S/C17H16N2O2S2/c1-11-3-4-12(2)15(9-11)16-10-22-17(19-16)13-5-7-14(8-6-13)23(18,20)21/h3-10H,1-2H3,(H2,18,20,21). The smallest absolute Gasteiger partial charge is 0.236 e. The molecular formula is C17H16N2O2S2. The maximum atomic E-state index is 11.3. The van der Waals surface area contributed by atoms with Crippen molar-refractivity contribution < 1.29 is 8.42 Å². The predicted octanol–water partition coefficient (Wildman–Crippen LogP) is 3.74. The molecular weight excluding hydrogens is 328 g/mol. The largest absolute Gasteiger partial charge is 0.238 e. The number of nitrogens with zero attached hydrogens (tertiary/aromatic N) is 1. The lowest BCUT2D eigenvalue weighted by molar-refractivity contribution is 0.598. The van der Waals surface area contributed by atoms with Crippen LogP contribution in [0.4, 0.5) is 0 Å². The van der Waals surface area contributed by atoms with Gasteiger partial charge in [0.1, 0.15) is 5.01 Å². The van der Waals surface area contributed by atoms with Gasteiger partial charge in [0, 0.05) is 16.5 Å². The van der Waals surface area contributed by atoms with Gasteiger partial charge >= 0.3 is 0 Å². The SMILES string of the molecule is Cc1ccc(C)c(-c2csc(-c3ccc(S(N)(=O)=O)cc3)n2)c1. The second kappa shape index (κ2) is 5.88. The fourth-order valence-electron chi connectivity index (χ4n) is 2.33. The molecule has 0 aliphatic heterocycles. The Hall–Kier alpha value is -2.02. The minimum absolute atomic E-state index is 0.104. The predicted molar refractivity (Wildman–Crippen MR) is 93.8 cm³/mol. The Morgan fingerprint density at radius 2 is 1.74 bits per heavy atom. The van der Waals surface area contributed by atoms with Crippen LogP contribution in [0.2, 0.25) is 0 Å². The third-order valence-electron chi connectivity index (χ3n) is 3.60. The van der Waals surface area contributed by atoms with Gasteiger partial charge in [-0.1, -0.05) is 29.8 Å². The summed E-state index contributed by atoms with van der Waals surface area (Å²) in [6.07, 6.45) is 0. The highest BCUT2D eigenvalue weighted by atomic mass is 32.2. The van der Waals surface area contributed by atoms with E-state index in [9.17, 15) is 8.42 Å². The third-order valence-corrected chi connectivity index (χ3v) is 5.42. The molecule has 0 spiro atoms. The lowest BCUT2D eigenvalue weighted by atomic mass is 10.0. The van der Waals surface area contributed by atoms with Gasteiger partial charge in [-0.15, -0.1) is 11.3 Å². The van der Waals surface area contributed by atoms with E-state index < -0.39 is 10.0 Å². The van der Waals surface area contributed by atoms with Crippen LogP contribution in [0.15, 0.2) is 52.7 Å². The first kappa shape index (κ1) is 15.9. The number of rotatable bonds is 3. The minimum Gasteiger partial charge on any atom is -0.236 e. The molecule has 0 bridgehead atoms. The van der Waals surface area contributed by atoms with E-state index in [1.807, 2.05) is 5.38 Å². The quantitative estimate of drug-likeness (QED) is 0.786. The first-order chi connectivity index (χ1) is 10.8. The fraction of sp³-hybridized carbons (Fsp3) is 0.118. The Labute approximate surface area is 139 Å². The Morgan fingerprint density at radius 3 is 2.39 bits per heavy atom. The van der Waals surface area contributed by atoms with E-state index in [4.69, 9.17) is 5.14 Å². The minimum atomic E-state index is -3.67. The normalized spacial score (nSPS) is 11.6. The van der Waals surface area contributed by atoms with Gasteiger partial charge in [0.25, 0.3) is 0 Å². The highest BCUT2D eigenvalue weighted by Crippen LogP contribution is 2.31. The molecule has 4 nitrogen and oxygen atoms in total. The van der Waals surface area contributed by atoms with Crippen LogP contribution < -0.4 is 5.14 Å². The lowest BCUT2D eigenvalue weighted by Gasteiger charge is -2.04. The maximum absolute atomic E-state index is 11.3. The molecule has 6 heteroatoms. The molecule has 118 valence electrons. The molecule has 0 saturated heterocycles. The fourth-order valence-corrected chi connectivity index (χ4v) is 3.67. The van der Waals surface area contributed by atoms with Crippen LogP contribution in [0.25, 0.3) is 21.8 Å².